The molecule has 1 aliphatic heterocycles. The first-order valence-electron chi connectivity index (χ1n) is 10.6. The first-order valence-corrected chi connectivity index (χ1v) is 10.6. The Hall–Kier alpha value is -3.97. The minimum absolute atomic E-state index is 0.0961. The van der Waals surface area contributed by atoms with E-state index in [0.717, 1.165) is 30.4 Å². The fourth-order valence-corrected chi connectivity index (χ4v) is 3.93. The zero-order chi connectivity index (χ0) is 22.8. The summed E-state index contributed by atoms with van der Waals surface area (Å²) in [6.45, 7) is 2.40. The maximum atomic E-state index is 13.1. The number of amides is 1. The number of carbonyl (C=O) groups excluding carboxylic acids is 1. The molecule has 3 aromatic carbocycles. The molecule has 2 N–H and O–H groups in total. The van der Waals surface area contributed by atoms with E-state index in [1.54, 1.807) is 24.3 Å². The van der Waals surface area contributed by atoms with E-state index >= 15 is 0 Å². The molecule has 166 valence electrons. The molecule has 6 nitrogen and oxygen atoms in total. The summed E-state index contributed by atoms with van der Waals surface area (Å²) in [6.07, 6.45) is 1.50. The second kappa shape index (κ2) is 8.88. The van der Waals surface area contributed by atoms with Crippen LogP contribution in [0.15, 0.2) is 79.0 Å². The van der Waals surface area contributed by atoms with Gasteiger partial charge in [0.2, 0.25) is 11.8 Å². The SMILES string of the molecule is NC(=O)c1ccc(Oc2ccc(CN3CC(Oc4ccc(F)cc4)C3)c3ccccc23)nc1. The van der Waals surface area contributed by atoms with Gasteiger partial charge in [-0.05, 0) is 47.3 Å². The van der Waals surface area contributed by atoms with E-state index in [1.165, 1.54) is 23.9 Å². The lowest BCUT2D eigenvalue weighted by Gasteiger charge is -2.39. The predicted octanol–water partition coefficient (Wildman–Crippen LogP) is 4.53. The van der Waals surface area contributed by atoms with Gasteiger partial charge in [0.25, 0.3) is 0 Å². The summed E-state index contributed by atoms with van der Waals surface area (Å²) in [7, 11) is 0. The number of primary amides is 1. The van der Waals surface area contributed by atoms with Gasteiger partial charge in [-0.1, -0.05) is 30.3 Å². The third kappa shape index (κ3) is 4.63. The number of aromatic nitrogens is 1. The summed E-state index contributed by atoms with van der Waals surface area (Å²) in [5, 5.41) is 2.09. The number of nitrogens with zero attached hydrogens (tertiary/aromatic N) is 2. The number of hydrogen-bond acceptors (Lipinski definition) is 5. The second-order valence-corrected chi connectivity index (χ2v) is 8.01. The quantitative estimate of drug-likeness (QED) is 0.454. The van der Waals surface area contributed by atoms with Crippen LogP contribution in [0.4, 0.5) is 4.39 Å². The summed E-state index contributed by atoms with van der Waals surface area (Å²) < 4.78 is 25.0. The zero-order valence-electron chi connectivity index (χ0n) is 17.8. The van der Waals surface area contributed by atoms with E-state index in [-0.39, 0.29) is 11.9 Å². The van der Waals surface area contributed by atoms with Crippen LogP contribution in [-0.4, -0.2) is 35.0 Å². The average Bonchev–Trinajstić information content (AvgIpc) is 2.80. The highest BCUT2D eigenvalue weighted by Crippen LogP contribution is 2.33. The highest BCUT2D eigenvalue weighted by atomic mass is 19.1. The summed E-state index contributed by atoms with van der Waals surface area (Å²) in [4.78, 5) is 17.7. The normalized spacial score (nSPS) is 14.1. The molecule has 0 unspecified atom stereocenters. The van der Waals surface area contributed by atoms with Crippen molar-refractivity contribution in [1.82, 2.24) is 9.88 Å². The van der Waals surface area contributed by atoms with Crippen LogP contribution in [0.25, 0.3) is 10.8 Å². The van der Waals surface area contributed by atoms with Gasteiger partial charge in [-0.3, -0.25) is 9.69 Å². The number of fused-ring (bicyclic) bond motifs is 1. The number of pyridine rings is 1. The van der Waals surface area contributed by atoms with Crippen LogP contribution >= 0.6 is 0 Å². The van der Waals surface area contributed by atoms with Crippen molar-refractivity contribution in [3.8, 4) is 17.4 Å². The average molecular weight is 443 g/mol. The Morgan fingerprint density at radius 2 is 1.76 bits per heavy atom. The standard InChI is InChI=1S/C26H22FN3O3/c27-19-7-9-20(10-8-19)32-21-15-30(16-21)14-18-5-11-24(23-4-2-1-3-22(18)23)33-25-12-6-17(13-29-25)26(28)31/h1-13,21H,14-16H2,(H2,28,31). The molecule has 5 rings (SSSR count). The van der Waals surface area contributed by atoms with Crippen LogP contribution in [0.5, 0.6) is 17.4 Å². The van der Waals surface area contributed by atoms with Crippen molar-refractivity contribution in [2.75, 3.05) is 13.1 Å². The lowest BCUT2D eigenvalue weighted by atomic mass is 10.0. The van der Waals surface area contributed by atoms with Gasteiger partial charge in [-0.15, -0.1) is 0 Å². The summed E-state index contributed by atoms with van der Waals surface area (Å²) >= 11 is 0. The van der Waals surface area contributed by atoms with Crippen molar-refractivity contribution in [2.45, 2.75) is 12.6 Å². The van der Waals surface area contributed by atoms with Gasteiger partial charge in [-0.2, -0.15) is 0 Å². The second-order valence-electron chi connectivity index (χ2n) is 8.01. The Bertz CT molecular complexity index is 1290. The molecule has 1 amide bonds. The fraction of sp³-hybridized carbons (Fsp3) is 0.154. The Kier molecular flexibility index (Phi) is 5.62. The molecule has 0 saturated carbocycles. The molecule has 0 atom stereocenters. The van der Waals surface area contributed by atoms with Gasteiger partial charge >= 0.3 is 0 Å². The number of ether oxygens (including phenoxy) is 2. The topological polar surface area (TPSA) is 77.7 Å². The van der Waals surface area contributed by atoms with Crippen molar-refractivity contribution >= 4 is 16.7 Å². The number of nitrogens with two attached hydrogens (primary N) is 1. The predicted molar refractivity (Wildman–Crippen MR) is 123 cm³/mol. The molecule has 1 fully saturated rings. The molecule has 1 saturated heterocycles. The van der Waals surface area contributed by atoms with Crippen molar-refractivity contribution in [2.24, 2.45) is 5.73 Å². The maximum absolute atomic E-state index is 13.1. The monoisotopic (exact) mass is 443 g/mol. The number of hydrogen-bond donors (Lipinski definition) is 1. The zero-order valence-corrected chi connectivity index (χ0v) is 17.8. The highest BCUT2D eigenvalue weighted by Gasteiger charge is 2.28. The van der Waals surface area contributed by atoms with Crippen LogP contribution in [0.3, 0.4) is 0 Å². The molecule has 0 bridgehead atoms. The summed E-state index contributed by atoms with van der Waals surface area (Å²) in [5.74, 6) is 0.970. The first kappa shape index (κ1) is 20.9. The van der Waals surface area contributed by atoms with E-state index in [4.69, 9.17) is 15.2 Å². The third-order valence-corrected chi connectivity index (χ3v) is 5.64. The van der Waals surface area contributed by atoms with Gasteiger partial charge in [0, 0.05) is 37.3 Å². The minimum atomic E-state index is -0.528. The number of carbonyl (C=O) groups is 1. The molecule has 1 aromatic heterocycles. The van der Waals surface area contributed by atoms with Gasteiger partial charge in [0.05, 0.1) is 5.56 Å². The van der Waals surface area contributed by atoms with E-state index in [0.29, 0.717) is 22.9 Å². The van der Waals surface area contributed by atoms with Crippen LogP contribution < -0.4 is 15.2 Å². The van der Waals surface area contributed by atoms with Gasteiger partial charge in [0.1, 0.15) is 23.4 Å². The minimum Gasteiger partial charge on any atom is -0.488 e. The number of likely N-dealkylation sites (tertiary alicyclic amines) is 1. The van der Waals surface area contributed by atoms with Crippen LogP contribution in [0.2, 0.25) is 0 Å². The molecular formula is C26H22FN3O3. The van der Waals surface area contributed by atoms with Crippen LogP contribution in [0.1, 0.15) is 15.9 Å². The summed E-state index contributed by atoms with van der Waals surface area (Å²) in [6, 6.07) is 21.4. The molecule has 0 spiro atoms. The Morgan fingerprint density at radius 1 is 1.00 bits per heavy atom. The molecule has 2 heterocycles. The molecule has 1 aliphatic rings. The molecule has 33 heavy (non-hydrogen) atoms. The Morgan fingerprint density at radius 3 is 2.45 bits per heavy atom. The van der Waals surface area contributed by atoms with E-state index in [2.05, 4.69) is 22.0 Å². The summed E-state index contributed by atoms with van der Waals surface area (Å²) in [5.41, 5.74) is 6.79. The van der Waals surface area contributed by atoms with Crippen LogP contribution in [0, 0.1) is 5.82 Å². The lowest BCUT2D eigenvalue weighted by Crippen LogP contribution is -2.53. The molecule has 0 radical (unpaired) electrons. The number of benzene rings is 3. The van der Waals surface area contributed by atoms with Crippen molar-refractivity contribution < 1.29 is 18.7 Å². The Balaban J connectivity index is 1.27. The van der Waals surface area contributed by atoms with E-state index in [1.807, 2.05) is 24.3 Å². The van der Waals surface area contributed by atoms with Gasteiger partial charge in [0.15, 0.2) is 0 Å². The van der Waals surface area contributed by atoms with Crippen molar-refractivity contribution in [3.05, 3.63) is 95.9 Å². The maximum Gasteiger partial charge on any atom is 0.250 e. The van der Waals surface area contributed by atoms with E-state index in [9.17, 15) is 9.18 Å². The number of rotatable bonds is 7. The largest absolute Gasteiger partial charge is 0.488 e. The van der Waals surface area contributed by atoms with Gasteiger partial charge in [-0.25, -0.2) is 9.37 Å². The fourth-order valence-electron chi connectivity index (χ4n) is 3.93. The lowest BCUT2D eigenvalue weighted by molar-refractivity contribution is 0.0148. The van der Waals surface area contributed by atoms with Crippen molar-refractivity contribution in [1.29, 1.82) is 0 Å². The first-order chi connectivity index (χ1) is 16.0. The van der Waals surface area contributed by atoms with Crippen molar-refractivity contribution in [3.63, 3.8) is 0 Å². The third-order valence-electron chi connectivity index (χ3n) is 5.64. The highest BCUT2D eigenvalue weighted by molar-refractivity contribution is 5.92. The Labute approximate surface area is 190 Å². The van der Waals surface area contributed by atoms with Crippen LogP contribution in [-0.2, 0) is 6.54 Å². The molecule has 0 aliphatic carbocycles. The molecule has 7 heteroatoms. The van der Waals surface area contributed by atoms with E-state index < -0.39 is 5.91 Å². The number of halogens is 1. The smallest absolute Gasteiger partial charge is 0.250 e. The van der Waals surface area contributed by atoms with Gasteiger partial charge < -0.3 is 15.2 Å². The molecular weight excluding hydrogens is 421 g/mol. The molecule has 4 aromatic rings.